The molecule has 0 aliphatic carbocycles. The van der Waals surface area contributed by atoms with Crippen molar-refractivity contribution in [1.82, 2.24) is 14.5 Å². The quantitative estimate of drug-likeness (QED) is 0.201. The van der Waals surface area contributed by atoms with E-state index >= 15 is 0 Å². The number of nitrogens with zero attached hydrogens (tertiary/aromatic N) is 3. The van der Waals surface area contributed by atoms with E-state index in [2.05, 4.69) is 124 Å². The molecule has 4 heterocycles. The Kier molecular flexibility index (Phi) is 6.10. The number of rotatable bonds is 2. The monoisotopic (exact) mass is 589 g/mol. The first-order valence-corrected chi connectivity index (χ1v) is 15.4. The Balaban J connectivity index is 1.24. The molecule has 0 saturated carbocycles. The van der Waals surface area contributed by atoms with E-state index in [1.807, 2.05) is 55.0 Å². The molecule has 0 atom stereocenters. The molecule has 0 radical (unpaired) electrons. The Morgan fingerprint density at radius 2 is 1.15 bits per heavy atom. The molecule has 0 fully saturated rings. The van der Waals surface area contributed by atoms with Crippen LogP contribution in [0.15, 0.2) is 152 Å². The third kappa shape index (κ3) is 4.31. The zero-order valence-corrected chi connectivity index (χ0v) is 24.8. The lowest BCUT2D eigenvalue weighted by atomic mass is 9.92. The first kappa shape index (κ1) is 26.2. The molecule has 4 nitrogen and oxygen atoms in total. The fourth-order valence-corrected chi connectivity index (χ4v) is 6.64. The summed E-state index contributed by atoms with van der Waals surface area (Å²) in [6.07, 6.45) is 10.0. The zero-order chi connectivity index (χ0) is 30.5. The van der Waals surface area contributed by atoms with Crippen LogP contribution in [0.2, 0.25) is 0 Å². The second-order valence-electron chi connectivity index (χ2n) is 11.5. The van der Waals surface area contributed by atoms with Crippen LogP contribution >= 0.6 is 0 Å². The van der Waals surface area contributed by atoms with E-state index in [1.165, 1.54) is 0 Å². The van der Waals surface area contributed by atoms with Crippen LogP contribution in [0, 0.1) is 0 Å². The van der Waals surface area contributed by atoms with Gasteiger partial charge in [-0.05, 0) is 81.9 Å². The minimum atomic E-state index is 0.822. The van der Waals surface area contributed by atoms with E-state index in [1.54, 1.807) is 0 Å². The lowest BCUT2D eigenvalue weighted by molar-refractivity contribution is 0.486. The van der Waals surface area contributed by atoms with Gasteiger partial charge in [0.05, 0.1) is 17.2 Å². The maximum atomic E-state index is 6.74. The first-order chi connectivity index (χ1) is 22.8. The van der Waals surface area contributed by atoms with Crippen molar-refractivity contribution in [1.29, 1.82) is 0 Å². The van der Waals surface area contributed by atoms with Crippen molar-refractivity contribution >= 4 is 34.0 Å². The normalized spacial score (nSPS) is 12.7. The van der Waals surface area contributed by atoms with Crippen molar-refractivity contribution in [2.75, 3.05) is 0 Å². The van der Waals surface area contributed by atoms with Gasteiger partial charge in [-0.3, -0.25) is 9.55 Å². The van der Waals surface area contributed by atoms with E-state index in [0.29, 0.717) is 0 Å². The highest BCUT2D eigenvalue weighted by Crippen LogP contribution is 2.43. The van der Waals surface area contributed by atoms with Gasteiger partial charge in [-0.1, -0.05) is 97.1 Å². The highest BCUT2D eigenvalue weighted by Gasteiger charge is 2.18. The number of hydrogen-bond acceptors (Lipinski definition) is 3. The molecular formula is C42H27N3O. The van der Waals surface area contributed by atoms with E-state index in [4.69, 9.17) is 4.74 Å². The van der Waals surface area contributed by atoms with Crippen molar-refractivity contribution in [2.45, 2.75) is 0 Å². The summed E-state index contributed by atoms with van der Waals surface area (Å²) in [6.45, 7) is 0. The van der Waals surface area contributed by atoms with Crippen LogP contribution in [0.4, 0.5) is 0 Å². The summed E-state index contributed by atoms with van der Waals surface area (Å²) in [6, 6.07) is 46.6. The molecule has 216 valence electrons. The number of fused-ring (bicyclic) bond motifs is 9. The summed E-state index contributed by atoms with van der Waals surface area (Å²) in [5.41, 5.74) is 11.0. The Labute approximate surface area is 266 Å². The molecule has 0 spiro atoms. The van der Waals surface area contributed by atoms with Crippen LogP contribution in [0.25, 0.3) is 73.2 Å². The third-order valence-corrected chi connectivity index (χ3v) is 8.81. The Morgan fingerprint density at radius 3 is 1.96 bits per heavy atom. The first-order valence-electron chi connectivity index (χ1n) is 15.4. The molecule has 0 bridgehead atoms. The molecular weight excluding hydrogens is 562 g/mol. The van der Waals surface area contributed by atoms with Crippen LogP contribution in [-0.2, 0) is 0 Å². The number of aromatic nitrogens is 3. The van der Waals surface area contributed by atoms with Crippen LogP contribution in [0.3, 0.4) is 0 Å². The molecule has 1 aliphatic heterocycles. The summed E-state index contributed by atoms with van der Waals surface area (Å²) >= 11 is 0. The SMILES string of the molecule is C1=C\c2ccc(-c3ccc4c(c3)c3ccncc3n4-c3ccccn3)cc2-c2ccccc2Oc2ccccc2-c2ccccc2/1. The molecule has 0 unspecified atom stereocenters. The number of pyridine rings is 2. The molecule has 0 amide bonds. The molecule has 5 aromatic carbocycles. The zero-order valence-electron chi connectivity index (χ0n) is 24.8. The molecule has 46 heavy (non-hydrogen) atoms. The Bertz CT molecular complexity index is 2460. The van der Waals surface area contributed by atoms with E-state index in [9.17, 15) is 0 Å². The van der Waals surface area contributed by atoms with E-state index in [0.717, 1.165) is 83.6 Å². The molecule has 0 saturated heterocycles. The largest absolute Gasteiger partial charge is 0.456 e. The summed E-state index contributed by atoms with van der Waals surface area (Å²) in [4.78, 5) is 9.10. The smallest absolute Gasteiger partial charge is 0.137 e. The van der Waals surface area contributed by atoms with E-state index < -0.39 is 0 Å². The highest BCUT2D eigenvalue weighted by molar-refractivity contribution is 6.10. The van der Waals surface area contributed by atoms with Crippen LogP contribution in [0.1, 0.15) is 11.1 Å². The molecule has 4 heteroatoms. The second kappa shape index (κ2) is 10.7. The van der Waals surface area contributed by atoms with Crippen molar-refractivity contribution in [3.8, 4) is 50.7 Å². The van der Waals surface area contributed by atoms with Gasteiger partial charge in [-0.15, -0.1) is 0 Å². The number of hydrogen-bond donors (Lipinski definition) is 0. The van der Waals surface area contributed by atoms with Gasteiger partial charge in [-0.25, -0.2) is 4.98 Å². The van der Waals surface area contributed by atoms with Crippen molar-refractivity contribution in [3.63, 3.8) is 0 Å². The van der Waals surface area contributed by atoms with E-state index in [-0.39, 0.29) is 0 Å². The Morgan fingerprint density at radius 1 is 0.478 bits per heavy atom. The van der Waals surface area contributed by atoms with Gasteiger partial charge >= 0.3 is 0 Å². The van der Waals surface area contributed by atoms with Crippen LogP contribution in [0.5, 0.6) is 11.5 Å². The van der Waals surface area contributed by atoms with Gasteiger partial charge < -0.3 is 4.74 Å². The van der Waals surface area contributed by atoms with Gasteiger partial charge in [0.15, 0.2) is 0 Å². The van der Waals surface area contributed by atoms with Crippen LogP contribution in [-0.4, -0.2) is 14.5 Å². The van der Waals surface area contributed by atoms with Crippen LogP contribution < -0.4 is 4.74 Å². The predicted octanol–water partition coefficient (Wildman–Crippen LogP) is 10.9. The van der Waals surface area contributed by atoms with Crippen molar-refractivity contribution in [2.24, 2.45) is 0 Å². The lowest BCUT2D eigenvalue weighted by Crippen LogP contribution is -1.96. The van der Waals surface area contributed by atoms with Gasteiger partial charge in [0.1, 0.15) is 17.3 Å². The van der Waals surface area contributed by atoms with Gasteiger partial charge in [0.2, 0.25) is 0 Å². The summed E-state index contributed by atoms with van der Waals surface area (Å²) in [7, 11) is 0. The van der Waals surface area contributed by atoms with Gasteiger partial charge in [0.25, 0.3) is 0 Å². The molecule has 8 aromatic rings. The average Bonchev–Trinajstić information content (AvgIpc) is 3.44. The number of ether oxygens (including phenoxy) is 1. The average molecular weight is 590 g/mol. The second-order valence-corrected chi connectivity index (χ2v) is 11.5. The summed E-state index contributed by atoms with van der Waals surface area (Å²) in [5, 5.41) is 2.31. The maximum Gasteiger partial charge on any atom is 0.137 e. The summed E-state index contributed by atoms with van der Waals surface area (Å²) < 4.78 is 8.93. The maximum absolute atomic E-state index is 6.74. The lowest BCUT2D eigenvalue weighted by Gasteiger charge is -2.16. The summed E-state index contributed by atoms with van der Waals surface area (Å²) in [5.74, 6) is 2.53. The highest BCUT2D eigenvalue weighted by atomic mass is 16.5. The van der Waals surface area contributed by atoms with Crippen molar-refractivity contribution in [3.05, 3.63) is 163 Å². The molecule has 1 aliphatic rings. The van der Waals surface area contributed by atoms with Gasteiger partial charge in [0, 0.05) is 34.3 Å². The molecule has 9 rings (SSSR count). The fraction of sp³-hybridized carbons (Fsp3) is 0. The molecule has 0 N–H and O–H groups in total. The van der Waals surface area contributed by atoms with Crippen molar-refractivity contribution < 1.29 is 4.74 Å². The number of para-hydroxylation sites is 2. The van der Waals surface area contributed by atoms with Gasteiger partial charge in [-0.2, -0.15) is 0 Å². The standard InChI is InChI=1S/C42H27N3O/c1-2-10-32-28(9-1)16-17-29-18-19-30(25-36(29)35-12-4-6-14-41(35)46-40-13-5-3-11-34(32)40)31-20-21-38-37(26-31)33-22-24-43-27-39(33)45(38)42-15-7-8-23-44-42/h1-27H/b17-16-. The molecule has 3 aromatic heterocycles. The minimum absolute atomic E-state index is 0.822. The number of benzene rings is 5. The fourth-order valence-electron chi connectivity index (χ4n) is 6.64. The minimum Gasteiger partial charge on any atom is -0.456 e. The predicted molar refractivity (Wildman–Crippen MR) is 188 cm³/mol. The Hall–Kier alpha value is -6.26. The topological polar surface area (TPSA) is 39.9 Å². The third-order valence-electron chi connectivity index (χ3n) is 8.81.